The number of nitrogens with two attached hydrogens (primary N) is 1. The number of hydrogen-bond acceptors (Lipinski definition) is 4. The van der Waals surface area contributed by atoms with Gasteiger partial charge in [-0.25, -0.2) is 0 Å². The Morgan fingerprint density at radius 3 is 2.57 bits per heavy atom. The van der Waals surface area contributed by atoms with Crippen molar-refractivity contribution in [3.63, 3.8) is 0 Å². The molecule has 1 aromatic carbocycles. The molecule has 23 heavy (non-hydrogen) atoms. The zero-order valence-corrected chi connectivity index (χ0v) is 13.9. The molecule has 0 saturated carbocycles. The fraction of sp³-hybridized carbons (Fsp3) is 0.611. The van der Waals surface area contributed by atoms with Gasteiger partial charge in [0.15, 0.2) is 0 Å². The highest BCUT2D eigenvalue weighted by atomic mass is 16.5. The zero-order valence-electron chi connectivity index (χ0n) is 13.9. The Bertz CT molecular complexity index is 535. The van der Waals surface area contributed by atoms with Gasteiger partial charge in [-0.3, -0.25) is 4.79 Å². The van der Waals surface area contributed by atoms with Crippen molar-refractivity contribution in [1.29, 1.82) is 0 Å². The minimum Gasteiger partial charge on any atom is -0.381 e. The first-order valence-corrected chi connectivity index (χ1v) is 8.59. The molecular weight excluding hydrogens is 290 g/mol. The smallest absolute Gasteiger partial charge is 0.239 e. The summed E-state index contributed by atoms with van der Waals surface area (Å²) in [6, 6.07) is 8.16. The predicted octanol–water partition coefficient (Wildman–Crippen LogP) is 1.40. The van der Waals surface area contributed by atoms with Crippen LogP contribution in [0.15, 0.2) is 24.3 Å². The van der Waals surface area contributed by atoms with Crippen LogP contribution in [0.2, 0.25) is 0 Å². The molecule has 1 unspecified atom stereocenters. The first-order chi connectivity index (χ1) is 11.1. The lowest BCUT2D eigenvalue weighted by molar-refractivity contribution is -0.135. The number of carbonyl (C=O) groups is 1. The molecule has 2 aliphatic rings. The first kappa shape index (κ1) is 16.3. The fourth-order valence-electron chi connectivity index (χ4n) is 3.50. The number of anilines is 1. The summed E-state index contributed by atoms with van der Waals surface area (Å²) in [5.74, 6) is 0.381. The van der Waals surface area contributed by atoms with E-state index in [0.29, 0.717) is 0 Å². The number of carbonyl (C=O) groups excluding carboxylic acids is 1. The Hall–Kier alpha value is -1.59. The molecule has 5 heteroatoms. The van der Waals surface area contributed by atoms with Gasteiger partial charge < -0.3 is 20.3 Å². The van der Waals surface area contributed by atoms with Crippen LogP contribution >= 0.6 is 0 Å². The van der Waals surface area contributed by atoms with Gasteiger partial charge in [0.05, 0.1) is 6.04 Å². The summed E-state index contributed by atoms with van der Waals surface area (Å²) >= 11 is 0. The van der Waals surface area contributed by atoms with Gasteiger partial charge in [-0.05, 0) is 43.4 Å². The van der Waals surface area contributed by atoms with Crippen molar-refractivity contribution < 1.29 is 9.53 Å². The van der Waals surface area contributed by atoms with Crippen LogP contribution in [0.25, 0.3) is 0 Å². The summed E-state index contributed by atoms with van der Waals surface area (Å²) in [6.07, 6.45) is 1.80. The van der Waals surface area contributed by atoms with E-state index in [9.17, 15) is 4.79 Å². The summed E-state index contributed by atoms with van der Waals surface area (Å²) in [7, 11) is 0. The predicted molar refractivity (Wildman–Crippen MR) is 91.5 cm³/mol. The lowest BCUT2D eigenvalue weighted by Crippen LogP contribution is -2.55. The maximum atomic E-state index is 12.6. The van der Waals surface area contributed by atoms with E-state index in [4.69, 9.17) is 10.5 Å². The van der Waals surface area contributed by atoms with Crippen LogP contribution < -0.4 is 10.6 Å². The van der Waals surface area contributed by atoms with E-state index in [0.717, 1.165) is 52.2 Å². The molecule has 3 rings (SSSR count). The van der Waals surface area contributed by atoms with Crippen LogP contribution in [-0.4, -0.2) is 56.2 Å². The van der Waals surface area contributed by atoms with Gasteiger partial charge in [-0.15, -0.1) is 0 Å². The van der Waals surface area contributed by atoms with Crippen molar-refractivity contribution in [3.8, 4) is 0 Å². The molecule has 0 radical (unpaired) electrons. The number of amides is 1. The van der Waals surface area contributed by atoms with Gasteiger partial charge in [-0.1, -0.05) is 12.1 Å². The molecule has 1 atom stereocenters. The molecular formula is C18H27N3O2. The quantitative estimate of drug-likeness (QED) is 0.915. The van der Waals surface area contributed by atoms with E-state index in [2.05, 4.69) is 36.1 Å². The van der Waals surface area contributed by atoms with Crippen LogP contribution in [0.4, 0.5) is 5.69 Å². The number of nitrogens with zero attached hydrogens (tertiary/aromatic N) is 2. The van der Waals surface area contributed by atoms with Crippen LogP contribution in [0.1, 0.15) is 18.4 Å². The van der Waals surface area contributed by atoms with Crippen LogP contribution in [-0.2, 0) is 9.53 Å². The van der Waals surface area contributed by atoms with Gasteiger partial charge in [0.2, 0.25) is 5.91 Å². The number of piperazine rings is 1. The molecule has 2 aliphatic heterocycles. The zero-order chi connectivity index (χ0) is 16.2. The third-order valence-corrected chi connectivity index (χ3v) is 5.02. The molecule has 0 aliphatic carbocycles. The number of ether oxygens (including phenoxy) is 1. The third-order valence-electron chi connectivity index (χ3n) is 5.02. The van der Waals surface area contributed by atoms with Crippen LogP contribution in [0.5, 0.6) is 0 Å². The Morgan fingerprint density at radius 2 is 1.91 bits per heavy atom. The Morgan fingerprint density at radius 1 is 1.22 bits per heavy atom. The molecule has 0 bridgehead atoms. The first-order valence-electron chi connectivity index (χ1n) is 8.59. The largest absolute Gasteiger partial charge is 0.381 e. The van der Waals surface area contributed by atoms with Crippen molar-refractivity contribution >= 4 is 11.6 Å². The Kier molecular flexibility index (Phi) is 5.18. The molecule has 2 saturated heterocycles. The van der Waals surface area contributed by atoms with Gasteiger partial charge in [0.1, 0.15) is 0 Å². The van der Waals surface area contributed by atoms with Crippen LogP contribution in [0.3, 0.4) is 0 Å². The molecule has 126 valence electrons. The molecule has 2 fully saturated rings. The summed E-state index contributed by atoms with van der Waals surface area (Å²) in [5, 5.41) is 0. The molecule has 0 aromatic heterocycles. The van der Waals surface area contributed by atoms with Gasteiger partial charge in [0, 0.05) is 45.1 Å². The van der Waals surface area contributed by atoms with E-state index in [1.54, 1.807) is 0 Å². The second-order valence-electron chi connectivity index (χ2n) is 6.63. The van der Waals surface area contributed by atoms with Crippen molar-refractivity contribution in [2.24, 2.45) is 11.7 Å². The third kappa shape index (κ3) is 3.85. The Balaban J connectivity index is 1.54. The lowest BCUT2D eigenvalue weighted by atomic mass is 9.91. The normalized spacial score (nSPS) is 21.3. The Labute approximate surface area is 138 Å². The average Bonchev–Trinajstić information content (AvgIpc) is 2.61. The van der Waals surface area contributed by atoms with E-state index < -0.39 is 0 Å². The maximum absolute atomic E-state index is 12.6. The molecule has 2 N–H and O–H groups in total. The summed E-state index contributed by atoms with van der Waals surface area (Å²) in [4.78, 5) is 16.9. The van der Waals surface area contributed by atoms with E-state index in [1.165, 1.54) is 11.3 Å². The summed E-state index contributed by atoms with van der Waals surface area (Å²) < 4.78 is 5.36. The molecule has 1 aromatic rings. The molecule has 0 spiro atoms. The minimum atomic E-state index is -0.371. The fourth-order valence-corrected chi connectivity index (χ4v) is 3.50. The van der Waals surface area contributed by atoms with E-state index >= 15 is 0 Å². The molecule has 5 nitrogen and oxygen atoms in total. The number of hydrogen-bond donors (Lipinski definition) is 1. The van der Waals surface area contributed by atoms with Gasteiger partial charge >= 0.3 is 0 Å². The second-order valence-corrected chi connectivity index (χ2v) is 6.63. The average molecular weight is 317 g/mol. The van der Waals surface area contributed by atoms with Crippen LogP contribution in [0, 0.1) is 12.8 Å². The highest BCUT2D eigenvalue weighted by Gasteiger charge is 2.31. The lowest BCUT2D eigenvalue weighted by Gasteiger charge is -2.38. The highest BCUT2D eigenvalue weighted by molar-refractivity contribution is 5.82. The number of benzene rings is 1. The highest BCUT2D eigenvalue weighted by Crippen LogP contribution is 2.21. The topological polar surface area (TPSA) is 58.8 Å². The maximum Gasteiger partial charge on any atom is 0.239 e. The summed E-state index contributed by atoms with van der Waals surface area (Å²) in [6.45, 7) is 6.81. The van der Waals surface area contributed by atoms with Gasteiger partial charge in [-0.2, -0.15) is 0 Å². The van der Waals surface area contributed by atoms with Crippen molar-refractivity contribution in [3.05, 3.63) is 29.8 Å². The standard InChI is InChI=1S/C18H27N3O2/c1-14-3-2-4-16(13-14)20-7-9-21(10-8-20)18(22)17(19)15-5-11-23-12-6-15/h2-4,13,15,17H,5-12,19H2,1H3. The van der Waals surface area contributed by atoms with Crippen molar-refractivity contribution in [2.45, 2.75) is 25.8 Å². The second kappa shape index (κ2) is 7.32. The minimum absolute atomic E-state index is 0.112. The molecule has 1 amide bonds. The van der Waals surface area contributed by atoms with Crippen molar-refractivity contribution in [2.75, 3.05) is 44.3 Å². The molecule has 2 heterocycles. The van der Waals surface area contributed by atoms with Crippen molar-refractivity contribution in [1.82, 2.24) is 4.90 Å². The summed E-state index contributed by atoms with van der Waals surface area (Å²) in [5.41, 5.74) is 8.74. The van der Waals surface area contributed by atoms with Gasteiger partial charge in [0.25, 0.3) is 0 Å². The van der Waals surface area contributed by atoms with E-state index in [1.807, 2.05) is 4.90 Å². The number of aryl methyl sites for hydroxylation is 1. The SMILES string of the molecule is Cc1cccc(N2CCN(C(=O)C(N)C3CCOCC3)CC2)c1. The monoisotopic (exact) mass is 317 g/mol. The number of rotatable bonds is 3. The van der Waals surface area contributed by atoms with E-state index in [-0.39, 0.29) is 17.9 Å².